The van der Waals surface area contributed by atoms with E-state index in [0.717, 1.165) is 54.5 Å². The molecular formula is C29H42N7O6PS. The molecule has 3 saturated heterocycles. The Labute approximate surface area is 262 Å². The van der Waals surface area contributed by atoms with Gasteiger partial charge in [-0.05, 0) is 52.0 Å². The van der Waals surface area contributed by atoms with Gasteiger partial charge in [-0.3, -0.25) is 23.8 Å². The number of amides is 1. The van der Waals surface area contributed by atoms with Crippen LogP contribution in [0.3, 0.4) is 0 Å². The van der Waals surface area contributed by atoms with Gasteiger partial charge in [0, 0.05) is 50.9 Å². The van der Waals surface area contributed by atoms with Crippen LogP contribution in [0.4, 0.5) is 16.6 Å². The quantitative estimate of drug-likeness (QED) is 0.246. The maximum atomic E-state index is 13.6. The van der Waals surface area contributed by atoms with E-state index in [1.165, 1.54) is 6.42 Å². The molecule has 240 valence electrons. The SMILES string of the molecule is CCOP(=O)(OCC)O[C@H]1CCN(C2=CCC2C(=N)C(=O)Nc2cc3sc(N4CCOCC4)nc3nc2N2CCCCC2)C1. The van der Waals surface area contributed by atoms with Gasteiger partial charge < -0.3 is 24.8 Å². The van der Waals surface area contributed by atoms with Gasteiger partial charge in [0.2, 0.25) is 0 Å². The van der Waals surface area contributed by atoms with E-state index in [9.17, 15) is 9.36 Å². The first-order valence-electron chi connectivity index (χ1n) is 15.7. The van der Waals surface area contributed by atoms with E-state index < -0.39 is 13.7 Å². The molecule has 0 bridgehead atoms. The molecule has 2 aromatic rings. The number of ether oxygens (including phenoxy) is 1. The molecule has 0 spiro atoms. The molecule has 5 heterocycles. The Balaban J connectivity index is 1.15. The van der Waals surface area contributed by atoms with Gasteiger partial charge in [0.05, 0.1) is 42.9 Å². The summed E-state index contributed by atoms with van der Waals surface area (Å²) in [5, 5.41) is 12.8. The standard InChI is InChI=1S/C29H42N7O6PS/c1-3-40-43(38,41-4-2)42-20-10-13-36(19-20)23-9-8-21(23)25(30)28(37)31-22-18-24-26(32-27(22)34-11-6-5-7-12-34)33-29(44-24)35-14-16-39-17-15-35/h9,18,20-21,30H,3-8,10-17,19H2,1-2H3,(H,31,37)/t20-,21?/m0/s1. The summed E-state index contributed by atoms with van der Waals surface area (Å²) in [5.74, 6) is -0.0259. The molecule has 15 heteroatoms. The second-order valence-electron chi connectivity index (χ2n) is 11.4. The van der Waals surface area contributed by atoms with Crippen molar-refractivity contribution < 1.29 is 27.7 Å². The number of fused-ring (bicyclic) bond motifs is 1. The zero-order valence-corrected chi connectivity index (χ0v) is 27.2. The van der Waals surface area contributed by atoms with E-state index in [-0.39, 0.29) is 30.9 Å². The summed E-state index contributed by atoms with van der Waals surface area (Å²) in [7, 11) is -3.62. The molecule has 6 rings (SSSR count). The number of nitrogens with zero attached hydrogens (tertiary/aromatic N) is 5. The highest BCUT2D eigenvalue weighted by molar-refractivity contribution is 7.48. The lowest BCUT2D eigenvalue weighted by Crippen LogP contribution is -2.39. The summed E-state index contributed by atoms with van der Waals surface area (Å²) in [6, 6.07) is 1.97. The number of nitrogens with one attached hydrogen (secondary N) is 2. The normalized spacial score (nSPS) is 22.7. The molecule has 2 aromatic heterocycles. The lowest BCUT2D eigenvalue weighted by Gasteiger charge is -2.35. The third-order valence-corrected chi connectivity index (χ3v) is 11.2. The molecule has 4 aliphatic rings. The molecule has 0 saturated carbocycles. The summed E-state index contributed by atoms with van der Waals surface area (Å²) in [4.78, 5) is 29.9. The summed E-state index contributed by atoms with van der Waals surface area (Å²) in [6.07, 6.45) is 6.32. The van der Waals surface area contributed by atoms with Crippen LogP contribution in [0, 0.1) is 11.3 Å². The predicted octanol–water partition coefficient (Wildman–Crippen LogP) is 4.65. The minimum atomic E-state index is -3.62. The summed E-state index contributed by atoms with van der Waals surface area (Å²) in [5.41, 5.74) is 2.25. The van der Waals surface area contributed by atoms with Crippen molar-refractivity contribution in [3.05, 3.63) is 17.8 Å². The van der Waals surface area contributed by atoms with Crippen LogP contribution in [0.25, 0.3) is 10.3 Å². The largest absolute Gasteiger partial charge is 0.475 e. The molecule has 0 aromatic carbocycles. The van der Waals surface area contributed by atoms with Crippen LogP contribution in [0.5, 0.6) is 0 Å². The molecule has 1 aliphatic carbocycles. The number of carbonyl (C=O) groups excluding carboxylic acids is 1. The maximum absolute atomic E-state index is 13.6. The number of aromatic nitrogens is 2. The first kappa shape index (κ1) is 31.4. The van der Waals surface area contributed by atoms with Crippen LogP contribution < -0.4 is 15.1 Å². The monoisotopic (exact) mass is 647 g/mol. The van der Waals surface area contributed by atoms with Crippen molar-refractivity contribution in [3.8, 4) is 0 Å². The van der Waals surface area contributed by atoms with Crippen molar-refractivity contribution in [3.63, 3.8) is 0 Å². The highest BCUT2D eigenvalue weighted by Crippen LogP contribution is 2.51. The van der Waals surface area contributed by atoms with Gasteiger partial charge in [-0.2, -0.15) is 4.98 Å². The average Bonchev–Trinajstić information content (AvgIpc) is 3.63. The molecule has 1 amide bonds. The van der Waals surface area contributed by atoms with Crippen molar-refractivity contribution in [1.29, 1.82) is 5.41 Å². The molecule has 13 nitrogen and oxygen atoms in total. The van der Waals surface area contributed by atoms with Crippen LogP contribution in [0.2, 0.25) is 0 Å². The van der Waals surface area contributed by atoms with Crippen LogP contribution in [0.1, 0.15) is 46.0 Å². The number of anilines is 3. The minimum Gasteiger partial charge on any atom is -0.378 e. The average molecular weight is 648 g/mol. The van der Waals surface area contributed by atoms with E-state index in [0.29, 0.717) is 56.3 Å². The van der Waals surface area contributed by atoms with E-state index in [1.807, 2.05) is 6.07 Å². The highest BCUT2D eigenvalue weighted by Gasteiger charge is 2.39. The first-order chi connectivity index (χ1) is 21.4. The van der Waals surface area contributed by atoms with Crippen LogP contribution in [-0.2, 0) is 27.7 Å². The molecule has 3 aliphatic heterocycles. The Morgan fingerprint density at radius 1 is 1.07 bits per heavy atom. The van der Waals surface area contributed by atoms with Crippen LogP contribution in [-0.4, -0.2) is 98.3 Å². The zero-order chi connectivity index (χ0) is 30.7. The number of pyridine rings is 1. The fraction of sp³-hybridized carbons (Fsp3) is 0.655. The molecule has 2 N–H and O–H groups in total. The van der Waals surface area contributed by atoms with Crippen molar-refractivity contribution >= 4 is 57.8 Å². The lowest BCUT2D eigenvalue weighted by atomic mass is 9.84. The number of hydrogen-bond acceptors (Lipinski definition) is 13. The summed E-state index contributed by atoms with van der Waals surface area (Å²) in [6.45, 7) is 9.80. The van der Waals surface area contributed by atoms with Crippen LogP contribution in [0.15, 0.2) is 17.8 Å². The predicted molar refractivity (Wildman–Crippen MR) is 171 cm³/mol. The van der Waals surface area contributed by atoms with Crippen molar-refractivity contribution in [2.24, 2.45) is 5.92 Å². The van der Waals surface area contributed by atoms with Gasteiger partial charge in [-0.1, -0.05) is 17.4 Å². The zero-order valence-electron chi connectivity index (χ0n) is 25.5. The minimum absolute atomic E-state index is 0.0178. The van der Waals surface area contributed by atoms with Gasteiger partial charge in [0.25, 0.3) is 5.91 Å². The Morgan fingerprint density at radius 2 is 1.82 bits per heavy atom. The molecule has 3 fully saturated rings. The molecule has 1 unspecified atom stereocenters. The van der Waals surface area contributed by atoms with E-state index >= 15 is 0 Å². The van der Waals surface area contributed by atoms with Gasteiger partial charge in [0.1, 0.15) is 5.71 Å². The van der Waals surface area contributed by atoms with E-state index in [2.05, 4.69) is 26.1 Å². The van der Waals surface area contributed by atoms with Crippen molar-refractivity contribution in [1.82, 2.24) is 14.9 Å². The maximum Gasteiger partial charge on any atom is 0.475 e. The lowest BCUT2D eigenvalue weighted by molar-refractivity contribution is -0.110. The number of hydrogen-bond donors (Lipinski definition) is 2. The molecular weight excluding hydrogens is 605 g/mol. The molecule has 0 radical (unpaired) electrons. The second kappa shape index (κ2) is 13.8. The number of rotatable bonds is 12. The van der Waals surface area contributed by atoms with E-state index in [1.54, 1.807) is 25.2 Å². The Bertz CT molecular complexity index is 1430. The van der Waals surface area contributed by atoms with Gasteiger partial charge in [0.15, 0.2) is 16.6 Å². The Kier molecular flexibility index (Phi) is 9.84. The molecule has 2 atom stereocenters. The summed E-state index contributed by atoms with van der Waals surface area (Å²) < 4.78 is 35.7. The Morgan fingerprint density at radius 3 is 2.50 bits per heavy atom. The highest BCUT2D eigenvalue weighted by atomic mass is 32.1. The third kappa shape index (κ3) is 6.80. The Hall–Kier alpha value is -2.61. The summed E-state index contributed by atoms with van der Waals surface area (Å²) >= 11 is 1.57. The second-order valence-corrected chi connectivity index (χ2v) is 14.0. The van der Waals surface area contributed by atoms with E-state index in [4.69, 9.17) is 33.7 Å². The molecule has 44 heavy (non-hydrogen) atoms. The van der Waals surface area contributed by atoms with Gasteiger partial charge >= 0.3 is 7.82 Å². The fourth-order valence-electron chi connectivity index (χ4n) is 6.12. The smallest absolute Gasteiger partial charge is 0.378 e. The van der Waals surface area contributed by atoms with Crippen molar-refractivity contribution in [2.75, 3.05) is 80.8 Å². The number of thiazole rings is 1. The number of piperidine rings is 1. The number of allylic oxidation sites excluding steroid dienone is 2. The number of carbonyl (C=O) groups is 1. The number of phosphoric ester groups is 1. The first-order valence-corrected chi connectivity index (χ1v) is 18.0. The van der Waals surface area contributed by atoms with Gasteiger partial charge in [-0.15, -0.1) is 0 Å². The van der Waals surface area contributed by atoms with Crippen LogP contribution >= 0.6 is 19.2 Å². The topological polar surface area (TPSA) is 142 Å². The third-order valence-electron chi connectivity index (χ3n) is 8.41. The number of likely N-dealkylation sites (tertiary alicyclic amines) is 1. The van der Waals surface area contributed by atoms with Gasteiger partial charge in [-0.25, -0.2) is 9.55 Å². The van der Waals surface area contributed by atoms with Crippen molar-refractivity contribution in [2.45, 2.75) is 52.1 Å². The fourth-order valence-corrected chi connectivity index (χ4v) is 8.49. The number of morpholine rings is 1. The number of phosphoric acid groups is 1.